The van der Waals surface area contributed by atoms with E-state index in [1.54, 1.807) is 0 Å². The highest BCUT2D eigenvalue weighted by Gasteiger charge is 2.36. The Morgan fingerprint density at radius 3 is 2.58 bits per heavy atom. The molecule has 1 saturated heterocycles. The van der Waals surface area contributed by atoms with E-state index in [1.807, 2.05) is 25.7 Å². The van der Waals surface area contributed by atoms with Crippen LogP contribution in [0.2, 0.25) is 0 Å². The van der Waals surface area contributed by atoms with Crippen molar-refractivity contribution >= 4 is 11.8 Å². The number of nitrogens with zero attached hydrogens (tertiary/aromatic N) is 1. The average Bonchev–Trinajstić information content (AvgIpc) is 3.01. The topological polar surface area (TPSA) is 61.4 Å². The lowest BCUT2D eigenvalue weighted by molar-refractivity contribution is -0.131. The molecular weight excluding hydrogens is 242 g/mol. The molecule has 0 aromatic carbocycles. The Hall–Kier alpha value is -1.10. The first-order valence-electron chi connectivity index (χ1n) is 7.17. The summed E-state index contributed by atoms with van der Waals surface area (Å²) >= 11 is 0. The summed E-state index contributed by atoms with van der Waals surface area (Å²) in [6, 6.07) is -0.0399. The molecule has 2 amide bonds. The maximum absolute atomic E-state index is 11.9. The van der Waals surface area contributed by atoms with Crippen molar-refractivity contribution in [3.63, 3.8) is 0 Å². The van der Waals surface area contributed by atoms with Gasteiger partial charge in [0, 0.05) is 18.5 Å². The third-order valence-electron chi connectivity index (χ3n) is 3.72. The Morgan fingerprint density at radius 2 is 2.05 bits per heavy atom. The molecule has 0 aromatic heterocycles. The molecule has 2 fully saturated rings. The van der Waals surface area contributed by atoms with Crippen LogP contribution in [0.5, 0.6) is 0 Å². The molecule has 0 bridgehead atoms. The number of carbonyl (C=O) groups is 2. The summed E-state index contributed by atoms with van der Waals surface area (Å²) in [7, 11) is 0. The number of hydrogen-bond donors (Lipinski definition) is 2. The Labute approximate surface area is 115 Å². The van der Waals surface area contributed by atoms with E-state index in [4.69, 9.17) is 0 Å². The summed E-state index contributed by atoms with van der Waals surface area (Å²) in [5.74, 6) is 0.898. The highest BCUT2D eigenvalue weighted by atomic mass is 16.2. The van der Waals surface area contributed by atoms with Gasteiger partial charge in [-0.3, -0.25) is 9.59 Å². The van der Waals surface area contributed by atoms with Crippen molar-refractivity contribution in [1.82, 2.24) is 15.5 Å². The van der Waals surface area contributed by atoms with Gasteiger partial charge < -0.3 is 15.5 Å². The van der Waals surface area contributed by atoms with Crippen molar-refractivity contribution in [1.29, 1.82) is 0 Å². The molecule has 19 heavy (non-hydrogen) atoms. The maximum atomic E-state index is 11.9. The zero-order valence-electron chi connectivity index (χ0n) is 12.2. The van der Waals surface area contributed by atoms with Gasteiger partial charge in [0.2, 0.25) is 11.8 Å². The minimum Gasteiger partial charge on any atom is -0.350 e. The quantitative estimate of drug-likeness (QED) is 0.762. The fourth-order valence-electron chi connectivity index (χ4n) is 2.44. The van der Waals surface area contributed by atoms with Gasteiger partial charge in [0.15, 0.2) is 0 Å². The lowest BCUT2D eigenvalue weighted by Gasteiger charge is -2.32. The minimum absolute atomic E-state index is 0.00536. The SMILES string of the molecule is CC(C)(C)N1CC(NC(=O)CNCC2CC2)CC1=O. The highest BCUT2D eigenvalue weighted by Crippen LogP contribution is 2.27. The van der Waals surface area contributed by atoms with Crippen molar-refractivity contribution < 1.29 is 9.59 Å². The molecular formula is C14H25N3O2. The lowest BCUT2D eigenvalue weighted by atomic mass is 10.1. The smallest absolute Gasteiger partial charge is 0.234 e. The summed E-state index contributed by atoms with van der Waals surface area (Å²) in [4.78, 5) is 25.5. The van der Waals surface area contributed by atoms with Crippen LogP contribution >= 0.6 is 0 Å². The van der Waals surface area contributed by atoms with E-state index >= 15 is 0 Å². The zero-order valence-corrected chi connectivity index (χ0v) is 12.2. The van der Waals surface area contributed by atoms with Gasteiger partial charge in [-0.2, -0.15) is 0 Å². The molecule has 0 aromatic rings. The first-order valence-corrected chi connectivity index (χ1v) is 7.17. The van der Waals surface area contributed by atoms with Crippen LogP contribution in [0.1, 0.15) is 40.0 Å². The molecule has 5 nitrogen and oxygen atoms in total. The third kappa shape index (κ3) is 4.20. The van der Waals surface area contributed by atoms with Gasteiger partial charge in [-0.25, -0.2) is 0 Å². The van der Waals surface area contributed by atoms with Crippen molar-refractivity contribution in [3.8, 4) is 0 Å². The molecule has 1 unspecified atom stereocenters. The predicted octanol–water partition coefficient (Wildman–Crippen LogP) is 0.502. The summed E-state index contributed by atoms with van der Waals surface area (Å²) in [5.41, 5.74) is -0.166. The Bertz CT molecular complexity index is 358. The molecule has 108 valence electrons. The van der Waals surface area contributed by atoms with Crippen LogP contribution in [0.3, 0.4) is 0 Å². The van der Waals surface area contributed by atoms with E-state index in [-0.39, 0.29) is 23.4 Å². The largest absolute Gasteiger partial charge is 0.350 e. The van der Waals surface area contributed by atoms with Crippen molar-refractivity contribution in [3.05, 3.63) is 0 Å². The van der Waals surface area contributed by atoms with Crippen LogP contribution in [0.15, 0.2) is 0 Å². The normalized spacial score (nSPS) is 23.8. The van der Waals surface area contributed by atoms with Crippen LogP contribution in [0, 0.1) is 5.92 Å². The first-order chi connectivity index (χ1) is 8.86. The summed E-state index contributed by atoms with van der Waals surface area (Å²) < 4.78 is 0. The number of rotatable bonds is 5. The van der Waals surface area contributed by atoms with Crippen LogP contribution in [0.25, 0.3) is 0 Å². The molecule has 1 heterocycles. The molecule has 0 spiro atoms. The number of likely N-dealkylation sites (tertiary alicyclic amines) is 1. The fraction of sp³-hybridized carbons (Fsp3) is 0.857. The fourth-order valence-corrected chi connectivity index (χ4v) is 2.44. The van der Waals surface area contributed by atoms with Gasteiger partial charge >= 0.3 is 0 Å². The van der Waals surface area contributed by atoms with Gasteiger partial charge in [0.1, 0.15) is 0 Å². The standard InChI is InChI=1S/C14H25N3O2/c1-14(2,3)17-9-11(6-13(17)19)16-12(18)8-15-7-10-4-5-10/h10-11,15H,4-9H2,1-3H3,(H,16,18). The molecule has 1 aliphatic heterocycles. The third-order valence-corrected chi connectivity index (χ3v) is 3.72. The van der Waals surface area contributed by atoms with Gasteiger partial charge in [-0.1, -0.05) is 0 Å². The summed E-state index contributed by atoms with van der Waals surface area (Å²) in [5, 5.41) is 6.10. The molecule has 2 aliphatic rings. The molecule has 5 heteroatoms. The van der Waals surface area contributed by atoms with Crippen LogP contribution in [-0.2, 0) is 9.59 Å². The van der Waals surface area contributed by atoms with Crippen LogP contribution in [-0.4, -0.2) is 47.9 Å². The lowest BCUT2D eigenvalue weighted by Crippen LogP contribution is -2.46. The van der Waals surface area contributed by atoms with Gasteiger partial charge in [-0.15, -0.1) is 0 Å². The van der Waals surface area contributed by atoms with E-state index in [2.05, 4.69) is 10.6 Å². The average molecular weight is 267 g/mol. The molecule has 1 atom stereocenters. The second-order valence-corrected chi connectivity index (χ2v) is 6.72. The maximum Gasteiger partial charge on any atom is 0.234 e. The number of hydrogen-bond acceptors (Lipinski definition) is 3. The van der Waals surface area contributed by atoms with Gasteiger partial charge in [-0.05, 0) is 46.1 Å². The Morgan fingerprint density at radius 1 is 1.37 bits per heavy atom. The van der Waals surface area contributed by atoms with E-state index in [0.717, 1.165) is 12.5 Å². The van der Waals surface area contributed by atoms with Gasteiger partial charge in [0.05, 0.1) is 12.6 Å². The van der Waals surface area contributed by atoms with E-state index in [1.165, 1.54) is 12.8 Å². The Kier molecular flexibility index (Phi) is 4.13. The second-order valence-electron chi connectivity index (χ2n) is 6.72. The molecule has 0 radical (unpaired) electrons. The van der Waals surface area contributed by atoms with Crippen molar-refractivity contribution in [2.24, 2.45) is 5.92 Å². The second kappa shape index (κ2) is 5.49. The number of carbonyl (C=O) groups excluding carboxylic acids is 2. The minimum atomic E-state index is -0.166. The molecule has 2 rings (SSSR count). The molecule has 1 aliphatic carbocycles. The summed E-state index contributed by atoms with van der Waals surface area (Å²) in [6.07, 6.45) is 2.99. The van der Waals surface area contributed by atoms with Crippen LogP contribution < -0.4 is 10.6 Å². The number of nitrogens with one attached hydrogen (secondary N) is 2. The monoisotopic (exact) mass is 267 g/mol. The van der Waals surface area contributed by atoms with E-state index < -0.39 is 0 Å². The predicted molar refractivity (Wildman–Crippen MR) is 73.6 cm³/mol. The number of amides is 2. The van der Waals surface area contributed by atoms with Crippen LogP contribution in [0.4, 0.5) is 0 Å². The van der Waals surface area contributed by atoms with E-state index in [9.17, 15) is 9.59 Å². The van der Waals surface area contributed by atoms with Gasteiger partial charge in [0.25, 0.3) is 0 Å². The molecule has 1 saturated carbocycles. The summed E-state index contributed by atoms with van der Waals surface area (Å²) in [6.45, 7) is 7.98. The molecule has 2 N–H and O–H groups in total. The van der Waals surface area contributed by atoms with Crippen molar-refractivity contribution in [2.75, 3.05) is 19.6 Å². The highest BCUT2D eigenvalue weighted by molar-refractivity contribution is 5.83. The Balaban J connectivity index is 1.71. The van der Waals surface area contributed by atoms with E-state index in [0.29, 0.717) is 19.5 Å². The van der Waals surface area contributed by atoms with Crippen molar-refractivity contribution in [2.45, 2.75) is 51.6 Å². The first kappa shape index (κ1) is 14.3. The zero-order chi connectivity index (χ0) is 14.0.